The Morgan fingerprint density at radius 2 is 0.826 bits per heavy atom. The van der Waals surface area contributed by atoms with Crippen molar-refractivity contribution in [1.29, 1.82) is 0 Å². The van der Waals surface area contributed by atoms with E-state index in [0.29, 0.717) is 0 Å². The molecule has 0 atom stereocenters. The van der Waals surface area contributed by atoms with Crippen molar-refractivity contribution in [3.8, 4) is 0 Å². The lowest BCUT2D eigenvalue weighted by Gasteiger charge is -2.32. The minimum Gasteiger partial charge on any atom is -0.464 e. The highest BCUT2D eigenvalue weighted by molar-refractivity contribution is 9.10. The van der Waals surface area contributed by atoms with Gasteiger partial charge in [0, 0.05) is 15.2 Å². The number of fused-ring (bicyclic) bond motifs is 2. The highest BCUT2D eigenvalue weighted by atomic mass is 79.9. The summed E-state index contributed by atoms with van der Waals surface area (Å²) >= 11 is 3.36. The maximum absolute atomic E-state index is 6.01. The molecule has 8 nitrogen and oxygen atoms in total. The Hall–Kier alpha value is -2.05. The Morgan fingerprint density at radius 3 is 1.26 bits per heavy atom. The van der Waals surface area contributed by atoms with E-state index in [1.807, 2.05) is 104 Å². The predicted octanol–water partition coefficient (Wildman–Crippen LogP) is 8.18. The minimum atomic E-state index is -0.476. The fourth-order valence-corrected chi connectivity index (χ4v) is 5.37. The number of hydrogen-bond donors (Lipinski definition) is 0. The van der Waals surface area contributed by atoms with E-state index >= 15 is 0 Å². The summed E-state index contributed by atoms with van der Waals surface area (Å²) in [6.07, 6.45) is 3.38. The van der Waals surface area contributed by atoms with Crippen LogP contribution in [0.5, 0.6) is 0 Å². The quantitative estimate of drug-likeness (QED) is 0.195. The van der Waals surface area contributed by atoms with Crippen molar-refractivity contribution in [1.82, 2.24) is 0 Å². The van der Waals surface area contributed by atoms with Gasteiger partial charge in [-0.05, 0) is 119 Å². The zero-order valence-corrected chi connectivity index (χ0v) is 30.7. The van der Waals surface area contributed by atoms with E-state index in [-0.39, 0.29) is 40.7 Å². The largest absolute Gasteiger partial charge is 0.494 e. The van der Waals surface area contributed by atoms with Crippen molar-refractivity contribution in [2.45, 2.75) is 117 Å². The van der Waals surface area contributed by atoms with Crippen LogP contribution in [0.3, 0.4) is 0 Å². The third kappa shape index (κ3) is 6.90. The maximum Gasteiger partial charge on any atom is 0.494 e. The molecule has 246 valence electrons. The molecule has 12 heteroatoms. The van der Waals surface area contributed by atoms with Gasteiger partial charge in [-0.25, -0.2) is 0 Å². The van der Waals surface area contributed by atoms with Crippen molar-refractivity contribution < 1.29 is 36.8 Å². The van der Waals surface area contributed by atoms with Gasteiger partial charge in [-0.2, -0.15) is 0 Å². The average molecular weight is 695 g/mol. The Balaban J connectivity index is 0.000000142. The summed E-state index contributed by atoms with van der Waals surface area (Å²) in [4.78, 5) is 0. The second-order valence-corrected chi connectivity index (χ2v) is 16.1. The third-order valence-electron chi connectivity index (χ3n) is 10.2. The molecule has 46 heavy (non-hydrogen) atoms. The Kier molecular flexibility index (Phi) is 9.30. The van der Waals surface area contributed by atoms with Gasteiger partial charge < -0.3 is 36.8 Å². The van der Waals surface area contributed by atoms with Gasteiger partial charge in [0.1, 0.15) is 11.2 Å². The van der Waals surface area contributed by atoms with Crippen molar-refractivity contribution >= 4 is 64.5 Å². The zero-order chi connectivity index (χ0) is 33.9. The molecule has 3 saturated heterocycles. The molecule has 0 aliphatic carbocycles. The number of rotatable bonds is 2. The first-order chi connectivity index (χ1) is 21.1. The van der Waals surface area contributed by atoms with Gasteiger partial charge in [0.2, 0.25) is 0 Å². The third-order valence-corrected chi connectivity index (χ3v) is 10.7. The molecule has 3 fully saturated rings. The Morgan fingerprint density at radius 1 is 0.457 bits per heavy atom. The van der Waals surface area contributed by atoms with E-state index in [4.69, 9.17) is 36.8 Å². The second-order valence-electron chi connectivity index (χ2n) is 15.2. The van der Waals surface area contributed by atoms with E-state index in [1.54, 1.807) is 12.5 Å². The number of furan rings is 2. The first-order valence-electron chi connectivity index (χ1n) is 15.8. The molecule has 3 aliphatic heterocycles. The van der Waals surface area contributed by atoms with E-state index in [0.717, 1.165) is 31.9 Å². The molecule has 0 radical (unpaired) electrons. The standard InChI is InChI=1S/C14H17BO3.C12H24B2O4.C8H5BrO/c1-13(2)14(3,4)18-15(17-13)11-6-5-10-7-8-16-12(10)9-11;1-9(2)10(3,4)16-13(15-9)14-17-11(5,6)12(7,8)18-14;9-7-2-1-6-3-4-10-8(6)5-7/h5-9H,1-4H3;1-8H3;1-5H. The highest BCUT2D eigenvalue weighted by Gasteiger charge is 2.63. The molecule has 2 aromatic heterocycles. The van der Waals surface area contributed by atoms with Crippen LogP contribution >= 0.6 is 15.9 Å². The van der Waals surface area contributed by atoms with Crippen molar-refractivity contribution in [3.63, 3.8) is 0 Å². The van der Waals surface area contributed by atoms with Crippen molar-refractivity contribution in [2.75, 3.05) is 0 Å². The van der Waals surface area contributed by atoms with Crippen LogP contribution < -0.4 is 5.46 Å². The van der Waals surface area contributed by atoms with E-state index < -0.39 is 14.0 Å². The summed E-state index contributed by atoms with van der Waals surface area (Å²) in [7, 11) is -1.28. The van der Waals surface area contributed by atoms with E-state index in [2.05, 4.69) is 43.6 Å². The fourth-order valence-electron chi connectivity index (χ4n) is 5.03. The lowest BCUT2D eigenvalue weighted by Crippen LogP contribution is -2.41. The molecule has 5 heterocycles. The topological polar surface area (TPSA) is 81.7 Å². The molecular weight excluding hydrogens is 649 g/mol. The maximum atomic E-state index is 6.01. The van der Waals surface area contributed by atoms with Crippen molar-refractivity contribution in [2.24, 2.45) is 0 Å². The van der Waals surface area contributed by atoms with Crippen LogP contribution in [0.2, 0.25) is 0 Å². The summed E-state index contributed by atoms with van der Waals surface area (Å²) in [5.74, 6) is 0. The van der Waals surface area contributed by atoms with E-state index in [9.17, 15) is 0 Å². The minimum absolute atomic E-state index is 0.310. The van der Waals surface area contributed by atoms with Gasteiger partial charge in [-0.1, -0.05) is 34.1 Å². The molecule has 4 aromatic rings. The number of halogens is 1. The molecule has 0 spiro atoms. The first-order valence-corrected chi connectivity index (χ1v) is 16.6. The van der Waals surface area contributed by atoms with E-state index in [1.165, 1.54) is 0 Å². The summed E-state index contributed by atoms with van der Waals surface area (Å²) in [5.41, 5.74) is 0.726. The lowest BCUT2D eigenvalue weighted by molar-refractivity contribution is 0.00578. The highest BCUT2D eigenvalue weighted by Crippen LogP contribution is 2.43. The fraction of sp³-hybridized carbons (Fsp3) is 0.529. The van der Waals surface area contributed by atoms with Gasteiger partial charge in [0.05, 0.1) is 46.1 Å². The number of hydrogen-bond acceptors (Lipinski definition) is 8. The normalized spacial score (nSPS) is 23.3. The van der Waals surface area contributed by atoms with Crippen LogP contribution in [0.15, 0.2) is 74.4 Å². The van der Waals surface area contributed by atoms with Crippen LogP contribution in [-0.2, 0) is 27.9 Å². The van der Waals surface area contributed by atoms with Crippen molar-refractivity contribution in [3.05, 3.63) is 65.5 Å². The second kappa shape index (κ2) is 12.1. The van der Waals surface area contributed by atoms with Gasteiger partial charge >= 0.3 is 21.1 Å². The summed E-state index contributed by atoms with van der Waals surface area (Å²) in [6.45, 7) is 24.4. The van der Waals surface area contributed by atoms with Crippen LogP contribution in [0.25, 0.3) is 21.9 Å². The van der Waals surface area contributed by atoms with Crippen LogP contribution in [0.4, 0.5) is 0 Å². The predicted molar refractivity (Wildman–Crippen MR) is 188 cm³/mol. The monoisotopic (exact) mass is 694 g/mol. The van der Waals surface area contributed by atoms with Gasteiger partial charge in [-0.3, -0.25) is 0 Å². The molecule has 0 saturated carbocycles. The molecule has 0 unspecified atom stereocenters. The lowest BCUT2D eigenvalue weighted by atomic mass is 9.49. The SMILES string of the molecule is Brc1ccc2ccoc2c1.CC1(C)OB(B2OC(C)(C)C(C)(C)O2)OC1(C)C.CC1(C)OB(c2ccc3ccoc3c2)OC1(C)C. The molecule has 0 bridgehead atoms. The summed E-state index contributed by atoms with van der Waals surface area (Å²) in [6, 6.07) is 15.9. The first kappa shape index (κ1) is 35.3. The Labute approximate surface area is 282 Å². The Bertz CT molecular complexity index is 1590. The summed E-state index contributed by atoms with van der Waals surface area (Å²) in [5, 5.41) is 2.23. The number of benzene rings is 2. The zero-order valence-electron chi connectivity index (χ0n) is 29.1. The van der Waals surface area contributed by atoms with Crippen LogP contribution in [0.1, 0.15) is 83.1 Å². The van der Waals surface area contributed by atoms with Gasteiger partial charge in [0.25, 0.3) is 0 Å². The van der Waals surface area contributed by atoms with Gasteiger partial charge in [0.15, 0.2) is 0 Å². The molecule has 0 amide bonds. The molecule has 3 aliphatic rings. The smallest absolute Gasteiger partial charge is 0.464 e. The summed E-state index contributed by atoms with van der Waals surface area (Å²) < 4.78 is 47.5. The van der Waals surface area contributed by atoms with Gasteiger partial charge in [-0.15, -0.1) is 0 Å². The molecule has 7 rings (SSSR count). The molecular formula is C34H46B3BrO8. The molecule has 0 N–H and O–H groups in total. The average Bonchev–Trinajstić information content (AvgIpc) is 3.71. The molecule has 2 aromatic carbocycles. The van der Waals surface area contributed by atoms with Crippen LogP contribution in [0, 0.1) is 0 Å². The van der Waals surface area contributed by atoms with Crippen LogP contribution in [-0.4, -0.2) is 54.7 Å².